The summed E-state index contributed by atoms with van der Waals surface area (Å²) < 4.78 is 5.10. The molecule has 19 heavy (non-hydrogen) atoms. The number of phenolic OH excluding ortho intramolecular Hbond substituents is 1. The molecule has 96 valence electrons. The van der Waals surface area contributed by atoms with Crippen molar-refractivity contribution in [2.24, 2.45) is 0 Å². The largest absolute Gasteiger partial charge is 0.508 e. The monoisotopic (exact) mass is 258 g/mol. The quantitative estimate of drug-likeness (QED) is 0.457. The molecule has 0 unspecified atom stereocenters. The Labute approximate surface area is 107 Å². The Morgan fingerprint density at radius 3 is 2.53 bits per heavy atom. The van der Waals surface area contributed by atoms with E-state index in [9.17, 15) is 15.0 Å². The Kier molecular flexibility index (Phi) is 2.43. The van der Waals surface area contributed by atoms with E-state index in [1.165, 1.54) is 18.2 Å². The van der Waals surface area contributed by atoms with Gasteiger partial charge in [0.2, 0.25) is 0 Å². The van der Waals surface area contributed by atoms with E-state index < -0.39 is 5.63 Å². The van der Waals surface area contributed by atoms with Crippen LogP contribution in [0.1, 0.15) is 5.56 Å². The summed E-state index contributed by atoms with van der Waals surface area (Å²) in [4.78, 5) is 11.8. The van der Waals surface area contributed by atoms with Crippen LogP contribution in [0.25, 0.3) is 21.7 Å². The third-order valence-corrected chi connectivity index (χ3v) is 3.07. The van der Waals surface area contributed by atoms with E-state index in [0.717, 1.165) is 0 Å². The van der Waals surface area contributed by atoms with Crippen LogP contribution in [0.4, 0.5) is 0 Å². The van der Waals surface area contributed by atoms with Gasteiger partial charge in [-0.05, 0) is 24.3 Å². The summed E-state index contributed by atoms with van der Waals surface area (Å²) in [6, 6.07) is 7.27. The molecule has 0 aliphatic rings. The molecule has 0 radical (unpaired) electrons. The highest BCUT2D eigenvalue weighted by molar-refractivity contribution is 6.05. The van der Waals surface area contributed by atoms with Crippen LogP contribution in [0.3, 0.4) is 0 Å². The molecule has 5 heteroatoms. The van der Waals surface area contributed by atoms with Crippen LogP contribution in [0, 0.1) is 0 Å². The lowest BCUT2D eigenvalue weighted by atomic mass is 10.0. The lowest BCUT2D eigenvalue weighted by Gasteiger charge is -2.06. The van der Waals surface area contributed by atoms with E-state index in [4.69, 9.17) is 9.52 Å². The van der Waals surface area contributed by atoms with Crippen LogP contribution in [0.15, 0.2) is 39.5 Å². The number of rotatable bonds is 1. The molecule has 5 nitrogen and oxygen atoms in total. The molecule has 0 amide bonds. The number of hydrogen-bond acceptors (Lipinski definition) is 5. The van der Waals surface area contributed by atoms with Crippen molar-refractivity contribution in [1.82, 2.24) is 0 Å². The SMILES string of the molecule is O=c1oc2cc(O)ccc2c2cc(CO)c(O)cc12. The second-order valence-electron chi connectivity index (χ2n) is 4.25. The third kappa shape index (κ3) is 1.71. The predicted octanol–water partition coefficient (Wildman–Crippen LogP) is 1.85. The van der Waals surface area contributed by atoms with Crippen molar-refractivity contribution < 1.29 is 19.7 Å². The molecule has 0 saturated carbocycles. The first-order valence-corrected chi connectivity index (χ1v) is 5.62. The Hall–Kier alpha value is -2.53. The maximum absolute atomic E-state index is 11.8. The highest BCUT2D eigenvalue weighted by Crippen LogP contribution is 2.30. The van der Waals surface area contributed by atoms with Gasteiger partial charge >= 0.3 is 5.63 Å². The van der Waals surface area contributed by atoms with Crippen LogP contribution in [0.2, 0.25) is 0 Å². The molecule has 1 heterocycles. The smallest absolute Gasteiger partial charge is 0.344 e. The van der Waals surface area contributed by atoms with Crippen molar-refractivity contribution in [2.75, 3.05) is 0 Å². The van der Waals surface area contributed by atoms with E-state index in [2.05, 4.69) is 0 Å². The van der Waals surface area contributed by atoms with Gasteiger partial charge in [0.05, 0.1) is 12.0 Å². The maximum atomic E-state index is 11.8. The van der Waals surface area contributed by atoms with Gasteiger partial charge in [0.25, 0.3) is 0 Å². The van der Waals surface area contributed by atoms with Crippen LogP contribution in [0.5, 0.6) is 11.5 Å². The highest BCUT2D eigenvalue weighted by atomic mass is 16.4. The lowest BCUT2D eigenvalue weighted by Crippen LogP contribution is -2.00. The molecule has 0 aliphatic heterocycles. The average Bonchev–Trinajstić information content (AvgIpc) is 2.38. The molecule has 0 aliphatic carbocycles. The summed E-state index contributed by atoms with van der Waals surface area (Å²) in [5.74, 6) is -0.156. The Balaban J connectivity index is 2.55. The molecule has 0 atom stereocenters. The fourth-order valence-electron chi connectivity index (χ4n) is 2.12. The van der Waals surface area contributed by atoms with Gasteiger partial charge in [-0.2, -0.15) is 0 Å². The number of phenols is 2. The topological polar surface area (TPSA) is 90.9 Å². The Morgan fingerprint density at radius 2 is 1.79 bits per heavy atom. The fourth-order valence-corrected chi connectivity index (χ4v) is 2.12. The van der Waals surface area contributed by atoms with Gasteiger partial charge in [0.1, 0.15) is 17.1 Å². The number of aromatic hydroxyl groups is 2. The number of fused-ring (bicyclic) bond motifs is 3. The first kappa shape index (κ1) is 11.6. The standard InChI is InChI=1S/C14H10O5/c15-6-7-3-10-9-2-1-8(16)4-13(9)19-14(18)11(10)5-12(7)17/h1-5,15-17H,6H2. The molecule has 0 saturated heterocycles. The Bertz CT molecular complexity index is 848. The predicted molar refractivity (Wildman–Crippen MR) is 69.2 cm³/mol. The summed E-state index contributed by atoms with van der Waals surface area (Å²) in [5, 5.41) is 29.6. The minimum absolute atomic E-state index is 0.00356. The second-order valence-corrected chi connectivity index (χ2v) is 4.25. The van der Waals surface area contributed by atoms with Crippen LogP contribution < -0.4 is 5.63 Å². The Morgan fingerprint density at radius 1 is 1.00 bits per heavy atom. The summed E-state index contributed by atoms with van der Waals surface area (Å²) in [7, 11) is 0. The molecule has 0 bridgehead atoms. The summed E-state index contributed by atoms with van der Waals surface area (Å²) in [6.45, 7) is -0.332. The van der Waals surface area contributed by atoms with Crippen LogP contribution >= 0.6 is 0 Å². The van der Waals surface area contributed by atoms with Gasteiger partial charge in [-0.25, -0.2) is 4.79 Å². The van der Waals surface area contributed by atoms with Crippen molar-refractivity contribution in [1.29, 1.82) is 0 Å². The van der Waals surface area contributed by atoms with E-state index in [1.807, 2.05) is 0 Å². The van der Waals surface area contributed by atoms with Crippen molar-refractivity contribution in [3.8, 4) is 11.5 Å². The van der Waals surface area contributed by atoms with Crippen molar-refractivity contribution in [2.45, 2.75) is 6.61 Å². The van der Waals surface area contributed by atoms with E-state index in [1.54, 1.807) is 12.1 Å². The van der Waals surface area contributed by atoms with E-state index >= 15 is 0 Å². The molecule has 3 N–H and O–H groups in total. The van der Waals surface area contributed by atoms with E-state index in [-0.39, 0.29) is 29.1 Å². The summed E-state index contributed by atoms with van der Waals surface area (Å²) in [6.07, 6.45) is 0. The van der Waals surface area contributed by atoms with Gasteiger partial charge in [-0.1, -0.05) is 0 Å². The second kappa shape index (κ2) is 4.00. The fraction of sp³-hybridized carbons (Fsp3) is 0.0714. The zero-order valence-electron chi connectivity index (χ0n) is 9.75. The van der Waals surface area contributed by atoms with Gasteiger partial charge in [0.15, 0.2) is 0 Å². The number of aliphatic hydroxyl groups excluding tert-OH is 1. The minimum atomic E-state index is -0.604. The minimum Gasteiger partial charge on any atom is -0.508 e. The third-order valence-electron chi connectivity index (χ3n) is 3.07. The van der Waals surface area contributed by atoms with Crippen molar-refractivity contribution in [3.05, 3.63) is 46.3 Å². The first-order chi connectivity index (χ1) is 9.10. The average molecular weight is 258 g/mol. The molecular weight excluding hydrogens is 248 g/mol. The van der Waals surface area contributed by atoms with Gasteiger partial charge in [-0.3, -0.25) is 0 Å². The van der Waals surface area contributed by atoms with Crippen LogP contribution in [-0.2, 0) is 6.61 Å². The normalized spacial score (nSPS) is 11.2. The van der Waals surface area contributed by atoms with E-state index in [0.29, 0.717) is 16.3 Å². The molecule has 0 spiro atoms. The molecular formula is C14H10O5. The highest BCUT2D eigenvalue weighted by Gasteiger charge is 2.11. The molecule has 0 fully saturated rings. The molecule has 3 aromatic rings. The van der Waals surface area contributed by atoms with Gasteiger partial charge in [-0.15, -0.1) is 0 Å². The van der Waals surface area contributed by atoms with Crippen LogP contribution in [-0.4, -0.2) is 15.3 Å². The lowest BCUT2D eigenvalue weighted by molar-refractivity contribution is 0.276. The number of benzene rings is 2. The van der Waals surface area contributed by atoms with Gasteiger partial charge < -0.3 is 19.7 Å². The van der Waals surface area contributed by atoms with Gasteiger partial charge in [0, 0.05) is 22.4 Å². The molecule has 2 aromatic carbocycles. The van der Waals surface area contributed by atoms with Crippen molar-refractivity contribution in [3.63, 3.8) is 0 Å². The molecule has 1 aromatic heterocycles. The molecule has 3 rings (SSSR count). The first-order valence-electron chi connectivity index (χ1n) is 5.62. The zero-order chi connectivity index (χ0) is 13.6. The zero-order valence-corrected chi connectivity index (χ0v) is 9.75. The summed E-state index contributed by atoms with van der Waals surface area (Å²) >= 11 is 0. The number of hydrogen-bond donors (Lipinski definition) is 3. The maximum Gasteiger partial charge on any atom is 0.344 e. The summed E-state index contributed by atoms with van der Waals surface area (Å²) in [5.41, 5.74) is -0.0209. The van der Waals surface area contributed by atoms with Crippen molar-refractivity contribution >= 4 is 21.7 Å². The number of aliphatic hydroxyl groups is 1.